The first kappa shape index (κ1) is 15.1. The molecule has 1 heterocycles. The van der Waals surface area contributed by atoms with Crippen molar-refractivity contribution in [3.05, 3.63) is 30.1 Å². The molecule has 1 fully saturated rings. The Morgan fingerprint density at radius 1 is 1.15 bits per heavy atom. The van der Waals surface area contributed by atoms with Gasteiger partial charge < -0.3 is 29.5 Å². The summed E-state index contributed by atoms with van der Waals surface area (Å²) in [4.78, 5) is 0. The number of hydrogen-bond acceptors (Lipinski definition) is 6. The Bertz CT molecular complexity index is 429. The molecule has 0 unspecified atom stereocenters. The van der Waals surface area contributed by atoms with Gasteiger partial charge in [0.2, 0.25) is 0 Å². The number of rotatable bonds is 4. The van der Waals surface area contributed by atoms with Crippen LogP contribution in [0.2, 0.25) is 0 Å². The third-order valence-electron chi connectivity index (χ3n) is 3.10. The van der Waals surface area contributed by atoms with E-state index in [9.17, 15) is 14.6 Å². The number of ether oxygens (including phenoxy) is 3. The quantitative estimate of drug-likeness (QED) is 0.702. The van der Waals surface area contributed by atoms with Crippen LogP contribution in [-0.2, 0) is 9.47 Å². The minimum Gasteiger partial charge on any atom is -0.488 e. The molecule has 1 saturated heterocycles. The second kappa shape index (κ2) is 6.96. The molecule has 0 spiro atoms. The van der Waals surface area contributed by atoms with Crippen LogP contribution in [0.4, 0.5) is 4.39 Å². The number of benzene rings is 1. The van der Waals surface area contributed by atoms with E-state index >= 15 is 0 Å². The summed E-state index contributed by atoms with van der Waals surface area (Å²) < 4.78 is 28.8. The summed E-state index contributed by atoms with van der Waals surface area (Å²) in [5.41, 5.74) is 0. The minimum absolute atomic E-state index is 0.0293. The van der Waals surface area contributed by atoms with Gasteiger partial charge in [-0.05, 0) is 12.1 Å². The standard InChI is InChI=1S/C13H17FO6/c14-8-3-1-2-4-9(8)18-6-11-13(17)12(16)10(5-15)19-7-20-11/h1-4,10-13,15-17H,5-7H2/t10-,11-,12-,13-/m1/s1. The Morgan fingerprint density at radius 3 is 2.50 bits per heavy atom. The van der Waals surface area contributed by atoms with E-state index in [1.807, 2.05) is 0 Å². The zero-order chi connectivity index (χ0) is 14.5. The Kier molecular flexibility index (Phi) is 5.27. The predicted octanol–water partition coefficient (Wildman–Crippen LogP) is -0.340. The highest BCUT2D eigenvalue weighted by molar-refractivity contribution is 5.23. The highest BCUT2D eigenvalue weighted by Gasteiger charge is 2.36. The maximum atomic E-state index is 13.4. The fourth-order valence-corrected chi connectivity index (χ4v) is 1.89. The molecule has 0 saturated carbocycles. The average molecular weight is 288 g/mol. The normalized spacial score (nSPS) is 30.8. The van der Waals surface area contributed by atoms with Crippen LogP contribution in [0.3, 0.4) is 0 Å². The van der Waals surface area contributed by atoms with Crippen LogP contribution >= 0.6 is 0 Å². The zero-order valence-electron chi connectivity index (χ0n) is 10.7. The maximum absolute atomic E-state index is 13.4. The summed E-state index contributed by atoms with van der Waals surface area (Å²) >= 11 is 0. The molecule has 1 aliphatic heterocycles. The average Bonchev–Trinajstić information content (AvgIpc) is 2.59. The summed E-state index contributed by atoms with van der Waals surface area (Å²) in [6.07, 6.45) is -4.43. The lowest BCUT2D eigenvalue weighted by molar-refractivity contribution is -0.121. The molecule has 1 aromatic carbocycles. The van der Waals surface area contributed by atoms with Gasteiger partial charge in [-0.1, -0.05) is 12.1 Å². The molecule has 0 amide bonds. The Hall–Kier alpha value is -1.25. The van der Waals surface area contributed by atoms with E-state index < -0.39 is 36.8 Å². The molecule has 3 N–H and O–H groups in total. The van der Waals surface area contributed by atoms with Crippen molar-refractivity contribution < 1.29 is 33.9 Å². The molecule has 112 valence electrons. The van der Waals surface area contributed by atoms with Crippen LogP contribution in [0, 0.1) is 5.82 Å². The minimum atomic E-state index is -1.31. The number of hydrogen-bond donors (Lipinski definition) is 3. The summed E-state index contributed by atoms with van der Waals surface area (Å²) in [5.74, 6) is -0.498. The highest BCUT2D eigenvalue weighted by atomic mass is 19.1. The first-order valence-corrected chi connectivity index (χ1v) is 6.21. The molecule has 1 aliphatic rings. The van der Waals surface area contributed by atoms with Crippen molar-refractivity contribution in [1.82, 2.24) is 0 Å². The van der Waals surface area contributed by atoms with Crippen molar-refractivity contribution in [2.45, 2.75) is 24.4 Å². The van der Waals surface area contributed by atoms with Crippen molar-refractivity contribution in [3.63, 3.8) is 0 Å². The molecule has 2 rings (SSSR count). The summed E-state index contributed by atoms with van der Waals surface area (Å²) in [7, 11) is 0. The third-order valence-corrected chi connectivity index (χ3v) is 3.10. The van der Waals surface area contributed by atoms with Crippen molar-refractivity contribution in [2.24, 2.45) is 0 Å². The van der Waals surface area contributed by atoms with Gasteiger partial charge in [0.15, 0.2) is 11.6 Å². The first-order valence-electron chi connectivity index (χ1n) is 6.21. The smallest absolute Gasteiger partial charge is 0.165 e. The fourth-order valence-electron chi connectivity index (χ4n) is 1.89. The van der Waals surface area contributed by atoms with Gasteiger partial charge in [0.25, 0.3) is 0 Å². The molecule has 1 aromatic rings. The molecular weight excluding hydrogens is 271 g/mol. The van der Waals surface area contributed by atoms with Gasteiger partial charge in [-0.25, -0.2) is 4.39 Å². The second-order valence-electron chi connectivity index (χ2n) is 4.43. The molecule has 0 aliphatic carbocycles. The van der Waals surface area contributed by atoms with Crippen LogP contribution in [0.15, 0.2) is 24.3 Å². The molecule has 7 heteroatoms. The zero-order valence-corrected chi connectivity index (χ0v) is 10.7. The van der Waals surface area contributed by atoms with E-state index in [0.29, 0.717) is 0 Å². The van der Waals surface area contributed by atoms with Crippen LogP contribution in [0.25, 0.3) is 0 Å². The number of para-hydroxylation sites is 1. The number of aliphatic hydroxyl groups excluding tert-OH is 3. The van der Waals surface area contributed by atoms with Crippen LogP contribution in [-0.4, -0.2) is 59.7 Å². The van der Waals surface area contributed by atoms with Gasteiger partial charge in [-0.2, -0.15) is 0 Å². The van der Waals surface area contributed by atoms with E-state index in [0.717, 1.165) is 0 Å². The van der Waals surface area contributed by atoms with Gasteiger partial charge in [-0.15, -0.1) is 0 Å². The largest absolute Gasteiger partial charge is 0.488 e. The van der Waals surface area contributed by atoms with Gasteiger partial charge in [0.05, 0.1) is 6.61 Å². The van der Waals surface area contributed by atoms with Crippen LogP contribution in [0.1, 0.15) is 0 Å². The van der Waals surface area contributed by atoms with E-state index in [2.05, 4.69) is 0 Å². The first-order chi connectivity index (χ1) is 9.63. The predicted molar refractivity (Wildman–Crippen MR) is 65.6 cm³/mol. The van der Waals surface area contributed by atoms with Crippen molar-refractivity contribution in [2.75, 3.05) is 20.0 Å². The van der Waals surface area contributed by atoms with Crippen molar-refractivity contribution in [1.29, 1.82) is 0 Å². The Balaban J connectivity index is 1.97. The summed E-state index contributed by atoms with van der Waals surface area (Å²) in [5, 5.41) is 28.7. The molecule has 6 nitrogen and oxygen atoms in total. The van der Waals surface area contributed by atoms with E-state index in [1.165, 1.54) is 18.2 Å². The van der Waals surface area contributed by atoms with Gasteiger partial charge >= 0.3 is 0 Å². The Morgan fingerprint density at radius 2 is 1.80 bits per heavy atom. The topological polar surface area (TPSA) is 88.4 Å². The highest BCUT2D eigenvalue weighted by Crippen LogP contribution is 2.19. The van der Waals surface area contributed by atoms with E-state index in [4.69, 9.17) is 19.3 Å². The molecule has 20 heavy (non-hydrogen) atoms. The maximum Gasteiger partial charge on any atom is 0.165 e. The number of aliphatic hydroxyl groups is 3. The fraction of sp³-hybridized carbons (Fsp3) is 0.538. The van der Waals surface area contributed by atoms with E-state index in [-0.39, 0.29) is 19.1 Å². The summed E-state index contributed by atoms with van der Waals surface area (Å²) in [6.45, 7) is -0.798. The molecule has 0 aromatic heterocycles. The Labute approximate surface area is 115 Å². The lowest BCUT2D eigenvalue weighted by atomic mass is 10.0. The second-order valence-corrected chi connectivity index (χ2v) is 4.43. The van der Waals surface area contributed by atoms with Gasteiger partial charge in [-0.3, -0.25) is 0 Å². The lowest BCUT2D eigenvalue weighted by Crippen LogP contribution is -2.46. The SMILES string of the molecule is OC[C@H]1OCO[C@H](COc2ccccc2F)[C@@H](O)[C@@H]1O. The van der Waals surface area contributed by atoms with Gasteiger partial charge in [0.1, 0.15) is 37.8 Å². The van der Waals surface area contributed by atoms with Crippen molar-refractivity contribution >= 4 is 0 Å². The monoisotopic (exact) mass is 288 g/mol. The van der Waals surface area contributed by atoms with Crippen LogP contribution < -0.4 is 4.74 Å². The molecular formula is C13H17FO6. The molecule has 0 radical (unpaired) electrons. The number of halogens is 1. The summed E-state index contributed by atoms with van der Waals surface area (Å²) in [6, 6.07) is 5.84. The van der Waals surface area contributed by atoms with Crippen molar-refractivity contribution in [3.8, 4) is 5.75 Å². The van der Waals surface area contributed by atoms with Gasteiger partial charge in [0, 0.05) is 0 Å². The lowest BCUT2D eigenvalue weighted by Gasteiger charge is -2.25. The van der Waals surface area contributed by atoms with E-state index in [1.54, 1.807) is 6.07 Å². The molecule has 4 atom stereocenters. The molecule has 0 bridgehead atoms. The third kappa shape index (κ3) is 3.44. The van der Waals surface area contributed by atoms with Crippen LogP contribution in [0.5, 0.6) is 5.75 Å².